The summed E-state index contributed by atoms with van der Waals surface area (Å²) >= 11 is 0. The van der Waals surface area contributed by atoms with Gasteiger partial charge in [-0.1, -0.05) is 5.16 Å². The molecule has 24 heavy (non-hydrogen) atoms. The Balaban J connectivity index is 2.08. The van der Waals surface area contributed by atoms with E-state index in [0.717, 1.165) is 22.5 Å². The topological polar surface area (TPSA) is 101 Å². The highest BCUT2D eigenvalue weighted by Gasteiger charge is 2.29. The predicted molar refractivity (Wildman–Crippen MR) is 89.8 cm³/mol. The first-order valence-corrected chi connectivity index (χ1v) is 7.92. The van der Waals surface area contributed by atoms with Gasteiger partial charge in [0.15, 0.2) is 0 Å². The fraction of sp³-hybridized carbons (Fsp3) is 0.529. The van der Waals surface area contributed by atoms with Crippen LogP contribution in [0.5, 0.6) is 0 Å². The van der Waals surface area contributed by atoms with Gasteiger partial charge in [0.2, 0.25) is 5.91 Å². The summed E-state index contributed by atoms with van der Waals surface area (Å²) in [5, 5.41) is 6.98. The Bertz CT molecular complexity index is 772. The van der Waals surface area contributed by atoms with Crippen molar-refractivity contribution in [3.63, 3.8) is 0 Å². The zero-order valence-electron chi connectivity index (χ0n) is 15.0. The number of amides is 1. The van der Waals surface area contributed by atoms with E-state index in [1.165, 1.54) is 0 Å². The Kier molecular flexibility index (Phi) is 4.91. The highest BCUT2D eigenvalue weighted by atomic mass is 16.5. The molecule has 0 saturated heterocycles. The van der Waals surface area contributed by atoms with Crippen molar-refractivity contribution in [3.05, 3.63) is 44.5 Å². The van der Waals surface area contributed by atoms with Crippen molar-refractivity contribution in [2.24, 2.45) is 0 Å². The van der Waals surface area contributed by atoms with E-state index in [9.17, 15) is 9.59 Å². The first kappa shape index (κ1) is 17.9. The van der Waals surface area contributed by atoms with Crippen LogP contribution in [0.2, 0.25) is 0 Å². The highest BCUT2D eigenvalue weighted by molar-refractivity contribution is 5.77. The minimum atomic E-state index is -0.571. The molecule has 0 aliphatic rings. The van der Waals surface area contributed by atoms with Crippen LogP contribution in [0.1, 0.15) is 54.2 Å². The summed E-state index contributed by atoms with van der Waals surface area (Å²) in [4.78, 5) is 30.3. The van der Waals surface area contributed by atoms with Gasteiger partial charge in [-0.25, -0.2) is 4.79 Å². The third-order valence-electron chi connectivity index (χ3n) is 4.17. The van der Waals surface area contributed by atoms with E-state index in [0.29, 0.717) is 24.3 Å². The molecule has 0 radical (unpaired) electrons. The van der Waals surface area contributed by atoms with Gasteiger partial charge in [-0.2, -0.15) is 4.98 Å². The minimum Gasteiger partial charge on any atom is -0.361 e. The molecule has 0 aliphatic heterocycles. The number of nitrogens with zero attached hydrogens (tertiary/aromatic N) is 2. The zero-order chi connectivity index (χ0) is 18.1. The number of hydrogen-bond donors (Lipinski definition) is 2. The lowest BCUT2D eigenvalue weighted by Gasteiger charge is -2.26. The van der Waals surface area contributed by atoms with Gasteiger partial charge >= 0.3 is 5.69 Å². The third-order valence-corrected chi connectivity index (χ3v) is 4.17. The van der Waals surface area contributed by atoms with E-state index >= 15 is 0 Å². The van der Waals surface area contributed by atoms with Crippen molar-refractivity contribution in [3.8, 4) is 0 Å². The van der Waals surface area contributed by atoms with Crippen LogP contribution in [-0.2, 0) is 16.8 Å². The van der Waals surface area contributed by atoms with Gasteiger partial charge in [0, 0.05) is 23.4 Å². The van der Waals surface area contributed by atoms with Gasteiger partial charge in [0.25, 0.3) is 0 Å². The lowest BCUT2D eigenvalue weighted by Crippen LogP contribution is -2.41. The van der Waals surface area contributed by atoms with Crippen LogP contribution in [0.25, 0.3) is 0 Å². The Labute approximate surface area is 140 Å². The number of aromatic amines is 1. The molecule has 0 spiro atoms. The van der Waals surface area contributed by atoms with Crippen LogP contribution >= 0.6 is 0 Å². The molecule has 2 rings (SSSR count). The Morgan fingerprint density at radius 2 is 1.88 bits per heavy atom. The van der Waals surface area contributed by atoms with E-state index in [2.05, 4.69) is 20.4 Å². The fourth-order valence-electron chi connectivity index (χ4n) is 3.21. The summed E-state index contributed by atoms with van der Waals surface area (Å²) in [7, 11) is 0. The van der Waals surface area contributed by atoms with Crippen LogP contribution in [0.15, 0.2) is 9.32 Å². The Morgan fingerprint density at radius 3 is 2.42 bits per heavy atom. The molecule has 130 valence electrons. The third kappa shape index (κ3) is 3.72. The average Bonchev–Trinajstić information content (AvgIpc) is 2.76. The summed E-state index contributed by atoms with van der Waals surface area (Å²) in [6.45, 7) is 11.1. The molecule has 2 aromatic heterocycles. The maximum absolute atomic E-state index is 12.4. The summed E-state index contributed by atoms with van der Waals surface area (Å²) < 4.78 is 5.19. The van der Waals surface area contributed by atoms with Crippen molar-refractivity contribution >= 4 is 5.91 Å². The summed E-state index contributed by atoms with van der Waals surface area (Å²) in [5.74, 6) is 0.624. The molecule has 2 N–H and O–H groups in total. The second kappa shape index (κ2) is 6.59. The van der Waals surface area contributed by atoms with Crippen molar-refractivity contribution < 1.29 is 9.32 Å². The quantitative estimate of drug-likeness (QED) is 0.872. The molecule has 0 aliphatic carbocycles. The summed E-state index contributed by atoms with van der Waals surface area (Å²) in [6, 6.07) is 0. The molecular formula is C17H24N4O3. The van der Waals surface area contributed by atoms with Crippen molar-refractivity contribution in [1.82, 2.24) is 20.4 Å². The van der Waals surface area contributed by atoms with Crippen LogP contribution in [0.4, 0.5) is 0 Å². The molecule has 7 heteroatoms. The molecule has 2 heterocycles. The molecule has 0 atom stereocenters. The molecule has 0 saturated carbocycles. The normalized spacial score (nSPS) is 11.6. The number of hydrogen-bond acceptors (Lipinski definition) is 5. The van der Waals surface area contributed by atoms with Gasteiger partial charge in [-0.15, -0.1) is 0 Å². The summed E-state index contributed by atoms with van der Waals surface area (Å²) in [6.07, 6.45) is 0.827. The molecule has 7 nitrogen and oxygen atoms in total. The van der Waals surface area contributed by atoms with Gasteiger partial charge in [-0.05, 0) is 53.5 Å². The first-order valence-electron chi connectivity index (χ1n) is 7.92. The van der Waals surface area contributed by atoms with Crippen LogP contribution in [0, 0.1) is 27.7 Å². The smallest absolute Gasteiger partial charge is 0.345 e. The van der Waals surface area contributed by atoms with E-state index < -0.39 is 5.54 Å². The van der Waals surface area contributed by atoms with Crippen LogP contribution in [-0.4, -0.2) is 21.0 Å². The van der Waals surface area contributed by atoms with Crippen molar-refractivity contribution in [1.29, 1.82) is 0 Å². The monoisotopic (exact) mass is 332 g/mol. The Morgan fingerprint density at radius 1 is 1.21 bits per heavy atom. The SMILES string of the molecule is Cc1nc(=O)[nH]c(C)c1CCC(=O)NC(C)(C)c1c(C)noc1C. The molecule has 0 fully saturated rings. The molecule has 2 aromatic rings. The van der Waals surface area contributed by atoms with E-state index in [4.69, 9.17) is 4.52 Å². The van der Waals surface area contributed by atoms with Gasteiger partial charge < -0.3 is 14.8 Å². The van der Waals surface area contributed by atoms with Gasteiger partial charge in [0.05, 0.1) is 11.2 Å². The maximum Gasteiger partial charge on any atom is 0.345 e. The first-order chi connectivity index (χ1) is 11.1. The van der Waals surface area contributed by atoms with Crippen LogP contribution < -0.4 is 11.0 Å². The largest absolute Gasteiger partial charge is 0.361 e. The number of H-pyrrole nitrogens is 1. The van der Waals surface area contributed by atoms with E-state index in [1.54, 1.807) is 6.92 Å². The van der Waals surface area contributed by atoms with Crippen molar-refractivity contribution in [2.75, 3.05) is 0 Å². The fourth-order valence-corrected chi connectivity index (χ4v) is 3.21. The molecule has 0 aromatic carbocycles. The van der Waals surface area contributed by atoms with E-state index in [-0.39, 0.29) is 11.6 Å². The lowest BCUT2D eigenvalue weighted by atomic mass is 9.92. The number of aromatic nitrogens is 3. The second-order valence-electron chi connectivity index (χ2n) is 6.60. The minimum absolute atomic E-state index is 0.0787. The molecular weight excluding hydrogens is 308 g/mol. The van der Waals surface area contributed by atoms with Gasteiger partial charge in [0.1, 0.15) is 5.76 Å². The lowest BCUT2D eigenvalue weighted by molar-refractivity contribution is -0.122. The van der Waals surface area contributed by atoms with Crippen LogP contribution in [0.3, 0.4) is 0 Å². The predicted octanol–water partition coefficient (Wildman–Crippen LogP) is 1.98. The average molecular weight is 332 g/mol. The van der Waals surface area contributed by atoms with Crippen molar-refractivity contribution in [2.45, 2.75) is 59.9 Å². The second-order valence-corrected chi connectivity index (χ2v) is 6.60. The zero-order valence-corrected chi connectivity index (χ0v) is 15.0. The number of carbonyl (C=O) groups excluding carboxylic acids is 1. The molecule has 0 bridgehead atoms. The summed E-state index contributed by atoms with van der Waals surface area (Å²) in [5.41, 5.74) is 3.05. The number of rotatable bonds is 5. The molecule has 0 unspecified atom stereocenters. The molecule has 1 amide bonds. The standard InChI is InChI=1S/C17H24N4O3/c1-9-13(10(2)19-16(23)18-9)7-8-14(22)20-17(5,6)15-11(3)21-24-12(15)4/h7-8H2,1-6H3,(H,20,22)(H,18,19,23). The number of carbonyl (C=O) groups is 1. The number of aryl methyl sites for hydroxylation is 4. The Hall–Kier alpha value is -2.44. The maximum atomic E-state index is 12.4. The van der Waals surface area contributed by atoms with E-state index in [1.807, 2.05) is 34.6 Å². The highest BCUT2D eigenvalue weighted by Crippen LogP contribution is 2.26. The van der Waals surface area contributed by atoms with Gasteiger partial charge in [-0.3, -0.25) is 4.79 Å². The number of nitrogens with one attached hydrogen (secondary N) is 2.